The number of hydrogen-bond acceptors (Lipinski definition) is 4. The van der Waals surface area contributed by atoms with Gasteiger partial charge in [-0.25, -0.2) is 13.1 Å². The lowest BCUT2D eigenvalue weighted by Gasteiger charge is -2.05. The molecule has 0 aromatic heterocycles. The number of hydrogen-bond donors (Lipinski definition) is 2. The van der Waals surface area contributed by atoms with E-state index in [-0.39, 0.29) is 13.0 Å². The predicted octanol–water partition coefficient (Wildman–Crippen LogP) is -1.31. The Kier molecular flexibility index (Phi) is 2.52. The monoisotopic (exact) mass is 217 g/mol. The Bertz CT molecular complexity index is 397. The molecule has 1 rings (SSSR count). The van der Waals surface area contributed by atoms with Gasteiger partial charge in [0.15, 0.2) is 5.41 Å². The first-order chi connectivity index (χ1) is 6.40. The van der Waals surface area contributed by atoms with Crippen molar-refractivity contribution in [3.05, 3.63) is 0 Å². The van der Waals surface area contributed by atoms with Gasteiger partial charge in [0.1, 0.15) is 5.25 Å². The molecule has 0 aliphatic heterocycles. The van der Waals surface area contributed by atoms with Crippen molar-refractivity contribution in [3.8, 4) is 6.07 Å². The summed E-state index contributed by atoms with van der Waals surface area (Å²) in [5.74, 6) is -0.869. The Morgan fingerprint density at radius 2 is 2.36 bits per heavy atom. The summed E-state index contributed by atoms with van der Waals surface area (Å²) in [5, 5.41) is 7.70. The molecule has 0 saturated heterocycles. The maximum atomic E-state index is 11.4. The number of nitriles is 1. The van der Waals surface area contributed by atoms with Crippen molar-refractivity contribution in [1.82, 2.24) is 4.72 Å². The van der Waals surface area contributed by atoms with E-state index in [4.69, 9.17) is 11.0 Å². The van der Waals surface area contributed by atoms with Gasteiger partial charge in [-0.3, -0.25) is 4.79 Å². The number of amides is 1. The van der Waals surface area contributed by atoms with Gasteiger partial charge in [-0.05, 0) is 6.42 Å². The first kappa shape index (κ1) is 10.9. The van der Waals surface area contributed by atoms with Gasteiger partial charge in [0, 0.05) is 6.54 Å². The molecule has 0 aromatic rings. The number of sulfonamides is 1. The zero-order valence-corrected chi connectivity index (χ0v) is 8.47. The van der Waals surface area contributed by atoms with E-state index in [1.807, 2.05) is 0 Å². The molecule has 3 N–H and O–H groups in total. The minimum Gasteiger partial charge on any atom is -0.368 e. The van der Waals surface area contributed by atoms with Gasteiger partial charge in [-0.2, -0.15) is 5.26 Å². The molecule has 0 spiro atoms. The molecular formula is C7H11N3O3S. The van der Waals surface area contributed by atoms with E-state index in [0.29, 0.717) is 0 Å². The molecule has 2 atom stereocenters. The van der Waals surface area contributed by atoms with Crippen molar-refractivity contribution in [2.24, 2.45) is 11.1 Å². The van der Waals surface area contributed by atoms with E-state index in [0.717, 1.165) is 0 Å². The van der Waals surface area contributed by atoms with E-state index in [2.05, 4.69) is 4.72 Å². The summed E-state index contributed by atoms with van der Waals surface area (Å²) < 4.78 is 25.0. The SMILES string of the molecule is CCNS(=O)(=O)[C@H]1C[C@]1(C#N)C(N)=O. The lowest BCUT2D eigenvalue weighted by Crippen LogP contribution is -2.34. The van der Waals surface area contributed by atoms with Crippen LogP contribution in [0.5, 0.6) is 0 Å². The van der Waals surface area contributed by atoms with Crippen molar-refractivity contribution in [1.29, 1.82) is 5.26 Å². The van der Waals surface area contributed by atoms with Crippen molar-refractivity contribution in [3.63, 3.8) is 0 Å². The predicted molar refractivity (Wildman–Crippen MR) is 48.2 cm³/mol. The zero-order chi connectivity index (χ0) is 11.0. The van der Waals surface area contributed by atoms with E-state index in [1.54, 1.807) is 13.0 Å². The summed E-state index contributed by atoms with van der Waals surface area (Å²) in [6.07, 6.45) is -0.00579. The van der Waals surface area contributed by atoms with Crippen LogP contribution in [0, 0.1) is 16.7 Å². The molecule has 78 valence electrons. The molecule has 1 aliphatic rings. The average Bonchev–Trinajstić information content (AvgIpc) is 2.79. The summed E-state index contributed by atoms with van der Waals surface area (Å²) in [6, 6.07) is 1.67. The van der Waals surface area contributed by atoms with Gasteiger partial charge in [-0.15, -0.1) is 0 Å². The van der Waals surface area contributed by atoms with Gasteiger partial charge < -0.3 is 5.73 Å². The highest BCUT2D eigenvalue weighted by atomic mass is 32.2. The lowest BCUT2D eigenvalue weighted by atomic mass is 10.1. The van der Waals surface area contributed by atoms with Crippen LogP contribution >= 0.6 is 0 Å². The standard InChI is InChI=1S/C7H11N3O3S/c1-2-10-14(12,13)5-3-7(5,4-8)6(9)11/h5,10H,2-3H2,1H3,(H2,9,11)/t5-,7+/m0/s1. The number of nitrogens with two attached hydrogens (primary N) is 1. The smallest absolute Gasteiger partial charge is 0.239 e. The molecule has 7 heteroatoms. The maximum Gasteiger partial charge on any atom is 0.239 e. The van der Waals surface area contributed by atoms with Crippen LogP contribution in [0.25, 0.3) is 0 Å². The van der Waals surface area contributed by atoms with Crippen LogP contribution in [0.1, 0.15) is 13.3 Å². The normalized spacial score (nSPS) is 30.7. The summed E-state index contributed by atoms with van der Waals surface area (Å²) in [7, 11) is -3.58. The van der Waals surface area contributed by atoms with Crippen molar-refractivity contribution in [2.45, 2.75) is 18.6 Å². The highest BCUT2D eigenvalue weighted by Crippen LogP contribution is 2.49. The number of nitrogens with zero attached hydrogens (tertiary/aromatic N) is 1. The highest BCUT2D eigenvalue weighted by Gasteiger charge is 2.66. The van der Waals surface area contributed by atoms with Gasteiger partial charge in [0.25, 0.3) is 0 Å². The second-order valence-corrected chi connectivity index (χ2v) is 5.13. The largest absolute Gasteiger partial charge is 0.368 e. The molecule has 1 fully saturated rings. The number of carbonyl (C=O) groups is 1. The third-order valence-electron chi connectivity index (χ3n) is 2.26. The quantitative estimate of drug-likeness (QED) is 0.608. The van der Waals surface area contributed by atoms with Crippen LogP contribution in [-0.2, 0) is 14.8 Å². The van der Waals surface area contributed by atoms with E-state index < -0.39 is 26.6 Å². The lowest BCUT2D eigenvalue weighted by molar-refractivity contribution is -0.121. The van der Waals surface area contributed by atoms with Gasteiger partial charge in [0.2, 0.25) is 15.9 Å². The van der Waals surface area contributed by atoms with E-state index in [9.17, 15) is 13.2 Å². The van der Waals surface area contributed by atoms with E-state index >= 15 is 0 Å². The van der Waals surface area contributed by atoms with Crippen LogP contribution in [0.4, 0.5) is 0 Å². The molecule has 0 radical (unpaired) electrons. The minimum absolute atomic E-state index is 0.00579. The molecule has 0 heterocycles. The third kappa shape index (κ3) is 1.47. The van der Waals surface area contributed by atoms with Crippen molar-refractivity contribution < 1.29 is 13.2 Å². The molecule has 1 amide bonds. The average molecular weight is 217 g/mol. The Hall–Kier alpha value is -1.13. The number of primary amides is 1. The Morgan fingerprint density at radius 3 is 2.64 bits per heavy atom. The molecule has 0 unspecified atom stereocenters. The second kappa shape index (κ2) is 3.22. The Labute approximate surface area is 82.1 Å². The highest BCUT2D eigenvalue weighted by molar-refractivity contribution is 7.90. The topological polar surface area (TPSA) is 113 Å². The fourth-order valence-corrected chi connectivity index (χ4v) is 3.13. The fraction of sp³-hybridized carbons (Fsp3) is 0.714. The van der Waals surface area contributed by atoms with Crippen molar-refractivity contribution >= 4 is 15.9 Å². The summed E-state index contributed by atoms with van der Waals surface area (Å²) in [5.41, 5.74) is 3.46. The first-order valence-corrected chi connectivity index (χ1v) is 5.65. The number of carbonyl (C=O) groups excluding carboxylic acids is 1. The van der Waals surface area contributed by atoms with Gasteiger partial charge in [0.05, 0.1) is 6.07 Å². The molecule has 0 bridgehead atoms. The van der Waals surface area contributed by atoms with Gasteiger partial charge in [-0.1, -0.05) is 6.92 Å². The number of rotatable bonds is 4. The fourth-order valence-electron chi connectivity index (χ4n) is 1.34. The van der Waals surface area contributed by atoms with Crippen LogP contribution in [0.3, 0.4) is 0 Å². The van der Waals surface area contributed by atoms with Crippen LogP contribution in [0.15, 0.2) is 0 Å². The van der Waals surface area contributed by atoms with Crippen LogP contribution in [0.2, 0.25) is 0 Å². The first-order valence-electron chi connectivity index (χ1n) is 4.10. The molecule has 0 aromatic carbocycles. The summed E-state index contributed by atoms with van der Waals surface area (Å²) in [6.45, 7) is 1.86. The minimum atomic E-state index is -3.58. The summed E-state index contributed by atoms with van der Waals surface area (Å²) in [4.78, 5) is 10.9. The Morgan fingerprint density at radius 1 is 1.79 bits per heavy atom. The Balaban J connectivity index is 2.90. The molecular weight excluding hydrogens is 206 g/mol. The van der Waals surface area contributed by atoms with E-state index in [1.165, 1.54) is 0 Å². The third-order valence-corrected chi connectivity index (χ3v) is 4.27. The molecule has 6 nitrogen and oxygen atoms in total. The van der Waals surface area contributed by atoms with Crippen molar-refractivity contribution in [2.75, 3.05) is 6.54 Å². The molecule has 1 aliphatic carbocycles. The molecule has 14 heavy (non-hydrogen) atoms. The van der Waals surface area contributed by atoms with Crippen LogP contribution in [-0.4, -0.2) is 26.1 Å². The molecule has 1 saturated carbocycles. The maximum absolute atomic E-state index is 11.4. The zero-order valence-electron chi connectivity index (χ0n) is 7.65. The summed E-state index contributed by atoms with van der Waals surface area (Å²) >= 11 is 0. The van der Waals surface area contributed by atoms with Crippen LogP contribution < -0.4 is 10.5 Å². The second-order valence-electron chi connectivity index (χ2n) is 3.18. The van der Waals surface area contributed by atoms with Gasteiger partial charge >= 0.3 is 0 Å². The number of nitrogens with one attached hydrogen (secondary N) is 1.